The summed E-state index contributed by atoms with van der Waals surface area (Å²) in [6, 6.07) is 0. The second-order valence-electron chi connectivity index (χ2n) is 0.447. The molecule has 0 rings (SSSR count). The Labute approximate surface area is 79.7 Å². The van der Waals surface area contributed by atoms with Crippen molar-refractivity contribution in [2.45, 2.75) is 0 Å². The van der Waals surface area contributed by atoms with Crippen LogP contribution in [-0.2, 0) is 27.5 Å². The Morgan fingerprint density at radius 1 is 0.750 bits per heavy atom. The van der Waals surface area contributed by atoms with E-state index < -0.39 is 10.2 Å². The van der Waals surface area contributed by atoms with Gasteiger partial charge in [-0.2, -0.15) is 0 Å². The predicted molar refractivity (Wildman–Crippen MR) is 28.6 cm³/mol. The molecule has 0 heterocycles. The molecule has 12 heteroatoms. The van der Waals surface area contributed by atoms with Crippen LogP contribution in [0.5, 0.6) is 0 Å². The van der Waals surface area contributed by atoms with Gasteiger partial charge in [0, 0.05) is 0 Å². The van der Waals surface area contributed by atoms with Crippen molar-refractivity contribution in [3.63, 3.8) is 0 Å². The van der Waals surface area contributed by atoms with Gasteiger partial charge in [0.25, 0.3) is 0 Å². The molecule has 11 nitrogen and oxygen atoms in total. The van der Waals surface area contributed by atoms with Crippen LogP contribution in [0.1, 0.15) is 0 Å². The first-order chi connectivity index (χ1) is 4.46. The maximum atomic E-state index is 8.34. The Hall–Kier alpha value is -0.997. The van der Waals surface area contributed by atoms with E-state index in [0.29, 0.717) is 24.7 Å². The molecule has 0 aliphatic heterocycles. The van der Waals surface area contributed by atoms with Crippen LogP contribution in [-0.4, -0.2) is 21.1 Å². The van der Waals surface area contributed by atoms with Crippen LogP contribution in [0, 0.1) is 30.6 Å². The standard InChI is InChI=1S/2NO3.2H2O.O.Zr/c2*2-1(3)4;;;;/h;;2*1H2;;/q2*-1;;;;+2. The van der Waals surface area contributed by atoms with Gasteiger partial charge in [-0.05, 0) is 0 Å². The van der Waals surface area contributed by atoms with Crippen molar-refractivity contribution >= 4 is 0 Å². The molecule has 0 saturated carbocycles. The van der Waals surface area contributed by atoms with Crippen LogP contribution in [0.25, 0.3) is 0 Å². The maximum absolute atomic E-state index is 8.34. The Morgan fingerprint density at radius 3 is 0.750 bits per heavy atom. The van der Waals surface area contributed by atoms with E-state index in [1.54, 1.807) is 0 Å². The topological polar surface area (TPSA) is 212 Å². The molecule has 0 aliphatic rings. The summed E-state index contributed by atoms with van der Waals surface area (Å²) in [5, 5.41) is 29.5. The summed E-state index contributed by atoms with van der Waals surface area (Å²) in [5.41, 5.74) is 0. The molecule has 0 atom stereocenters. The van der Waals surface area contributed by atoms with Crippen LogP contribution in [0.3, 0.4) is 0 Å². The molecule has 0 aromatic carbocycles. The number of rotatable bonds is 0. The average Bonchev–Trinajstić information content (AvgIpc) is 1.66. The van der Waals surface area contributed by atoms with Crippen molar-refractivity contribution in [1.82, 2.24) is 0 Å². The first-order valence-electron chi connectivity index (χ1n) is 1.30. The number of hydrogen-bond donors (Lipinski definition) is 0. The molecule has 0 unspecified atom stereocenters. The minimum atomic E-state index is -1.75. The van der Waals surface area contributed by atoms with E-state index in [9.17, 15) is 0 Å². The summed E-state index contributed by atoms with van der Waals surface area (Å²) < 4.78 is 8.34. The van der Waals surface area contributed by atoms with Gasteiger partial charge in [0.2, 0.25) is 0 Å². The zero-order chi connectivity index (χ0) is 9.15. The van der Waals surface area contributed by atoms with Crippen LogP contribution in [0.15, 0.2) is 0 Å². The molecule has 0 saturated heterocycles. The Morgan fingerprint density at radius 2 is 0.750 bits per heavy atom. The molecule has 0 bridgehead atoms. The molecule has 72 valence electrons. The fraction of sp³-hybridized carbons (Fsp3) is 0. The fourth-order valence-corrected chi connectivity index (χ4v) is 0. The van der Waals surface area contributed by atoms with Gasteiger partial charge >= 0.3 is 27.5 Å². The summed E-state index contributed by atoms with van der Waals surface area (Å²) in [7, 11) is 0. The molecular formula is H4N2O9Zr. The van der Waals surface area contributed by atoms with Crippen molar-refractivity contribution in [2.24, 2.45) is 0 Å². The molecule has 0 radical (unpaired) electrons. The second kappa shape index (κ2) is 32.4. The summed E-state index contributed by atoms with van der Waals surface area (Å²) in [6.45, 7) is 0. The molecule has 0 aliphatic carbocycles. The number of nitrogens with zero attached hydrogens (tertiary/aromatic N) is 2. The van der Waals surface area contributed by atoms with E-state index in [0.717, 1.165) is 0 Å². The Kier molecular flexibility index (Phi) is 82.5. The minimum absolute atomic E-state index is 0. The monoisotopic (exact) mass is 266 g/mol. The van der Waals surface area contributed by atoms with Crippen molar-refractivity contribution < 1.29 is 48.7 Å². The molecule has 4 N–H and O–H groups in total. The van der Waals surface area contributed by atoms with Crippen molar-refractivity contribution in [3.8, 4) is 0 Å². The van der Waals surface area contributed by atoms with Crippen LogP contribution in [0.2, 0.25) is 0 Å². The van der Waals surface area contributed by atoms with E-state index >= 15 is 0 Å². The van der Waals surface area contributed by atoms with E-state index in [2.05, 4.69) is 0 Å². The van der Waals surface area contributed by atoms with Gasteiger partial charge < -0.3 is 41.6 Å². The molecule has 0 fully saturated rings. The normalized spacial score (nSPS) is 4.50. The molecule has 0 amide bonds. The van der Waals surface area contributed by atoms with Gasteiger partial charge in [-0.15, -0.1) is 0 Å². The van der Waals surface area contributed by atoms with E-state index in [1.165, 1.54) is 0 Å². The third-order valence-electron chi connectivity index (χ3n) is 0. The van der Waals surface area contributed by atoms with E-state index in [4.69, 9.17) is 33.5 Å². The quantitative estimate of drug-likeness (QED) is 0.346. The fourth-order valence-electron chi connectivity index (χ4n) is 0. The Balaban J connectivity index is -0.0000000198. The second-order valence-corrected chi connectivity index (χ2v) is 0.447. The third-order valence-corrected chi connectivity index (χ3v) is 0. The molecule has 0 spiro atoms. The Bertz CT molecular complexity index is 80.7. The van der Waals surface area contributed by atoms with Crippen molar-refractivity contribution in [3.05, 3.63) is 30.6 Å². The SMILES string of the molecule is O.O.O=[N+]([O-])[O-].O=[N+]([O-])[O-].[O]=[Zr+2]. The first-order valence-corrected chi connectivity index (χ1v) is 2.30. The van der Waals surface area contributed by atoms with Gasteiger partial charge in [-0.25, -0.2) is 0 Å². The van der Waals surface area contributed by atoms with Crippen LogP contribution >= 0.6 is 0 Å². The molecule has 0 aromatic rings. The van der Waals surface area contributed by atoms with Gasteiger partial charge in [0.05, 0.1) is 10.2 Å². The predicted octanol–water partition coefficient (Wildman–Crippen LogP) is -2.25. The third kappa shape index (κ3) is 580. The molecule has 12 heavy (non-hydrogen) atoms. The average molecular weight is 267 g/mol. The van der Waals surface area contributed by atoms with Crippen LogP contribution < -0.4 is 0 Å². The van der Waals surface area contributed by atoms with Gasteiger partial charge in [0.1, 0.15) is 0 Å². The number of hydrogen-bond acceptors (Lipinski definition) is 7. The van der Waals surface area contributed by atoms with Gasteiger partial charge in [0.15, 0.2) is 0 Å². The molecule has 0 aromatic heterocycles. The summed E-state index contributed by atoms with van der Waals surface area (Å²) >= 11 is 0.300. The van der Waals surface area contributed by atoms with Crippen molar-refractivity contribution in [1.29, 1.82) is 0 Å². The zero-order valence-electron chi connectivity index (χ0n) is 5.25. The van der Waals surface area contributed by atoms with Crippen LogP contribution in [0.4, 0.5) is 0 Å². The first kappa shape index (κ1) is 30.6. The summed E-state index contributed by atoms with van der Waals surface area (Å²) in [5.74, 6) is 0. The van der Waals surface area contributed by atoms with E-state index in [1.807, 2.05) is 0 Å². The van der Waals surface area contributed by atoms with Crippen molar-refractivity contribution in [2.75, 3.05) is 0 Å². The van der Waals surface area contributed by atoms with E-state index in [-0.39, 0.29) is 11.0 Å². The van der Waals surface area contributed by atoms with Gasteiger partial charge in [-0.3, -0.25) is 0 Å². The van der Waals surface area contributed by atoms with Gasteiger partial charge in [-0.1, -0.05) is 0 Å². The zero-order valence-corrected chi connectivity index (χ0v) is 7.71. The summed E-state index contributed by atoms with van der Waals surface area (Å²) in [6.07, 6.45) is 0. The summed E-state index contributed by atoms with van der Waals surface area (Å²) in [4.78, 5) is 16.5. The molecular weight excluding hydrogens is 263 g/mol.